The lowest BCUT2D eigenvalue weighted by molar-refractivity contribution is 0.0519. The quantitative estimate of drug-likeness (QED) is 0.701. The molecule has 2 heterocycles. The Labute approximate surface area is 87.5 Å². The number of ether oxygens (including phenoxy) is 1. The maximum Gasteiger partial charge on any atom is 0.357 e. The lowest BCUT2D eigenvalue weighted by Crippen LogP contribution is -2.07. The molecule has 0 aliphatic rings. The molecule has 0 spiro atoms. The zero-order chi connectivity index (χ0) is 10.8. The molecule has 0 N–H and O–H groups in total. The van der Waals surface area contributed by atoms with Gasteiger partial charge in [0, 0.05) is 11.7 Å². The largest absolute Gasteiger partial charge is 0.461 e. The van der Waals surface area contributed by atoms with Crippen molar-refractivity contribution in [3.05, 3.63) is 35.9 Å². The third kappa shape index (κ3) is 1.83. The average Bonchev–Trinajstić information content (AvgIpc) is 2.57. The summed E-state index contributed by atoms with van der Waals surface area (Å²) in [7, 11) is 0. The first-order valence-corrected chi connectivity index (χ1v) is 4.82. The van der Waals surface area contributed by atoms with Crippen LogP contribution >= 0.6 is 0 Å². The van der Waals surface area contributed by atoms with Gasteiger partial charge in [-0.3, -0.25) is 0 Å². The highest BCUT2D eigenvalue weighted by molar-refractivity contribution is 5.88. The molecule has 0 aliphatic carbocycles. The van der Waals surface area contributed by atoms with E-state index in [2.05, 4.69) is 4.98 Å². The smallest absolute Gasteiger partial charge is 0.357 e. The van der Waals surface area contributed by atoms with Crippen LogP contribution in [0.15, 0.2) is 24.7 Å². The number of esters is 1. The number of hydrogen-bond acceptors (Lipinski definition) is 3. The minimum atomic E-state index is -0.376. The van der Waals surface area contributed by atoms with Crippen molar-refractivity contribution in [2.24, 2.45) is 0 Å². The fourth-order valence-corrected chi connectivity index (χ4v) is 1.47. The van der Waals surface area contributed by atoms with Crippen LogP contribution in [0.1, 0.15) is 23.0 Å². The van der Waals surface area contributed by atoms with E-state index < -0.39 is 0 Å². The molecule has 0 radical (unpaired) electrons. The Hall–Kier alpha value is -1.84. The zero-order valence-corrected chi connectivity index (χ0v) is 8.73. The molecule has 0 amide bonds. The molecule has 78 valence electrons. The molecular weight excluding hydrogens is 192 g/mol. The summed E-state index contributed by atoms with van der Waals surface area (Å²) in [5.74, 6) is -0.376. The number of fused-ring (bicyclic) bond motifs is 1. The molecule has 4 nitrogen and oxygen atoms in total. The summed E-state index contributed by atoms with van der Waals surface area (Å²) in [6.45, 7) is 4.14. The van der Waals surface area contributed by atoms with Gasteiger partial charge in [0.05, 0.1) is 6.61 Å². The van der Waals surface area contributed by atoms with Gasteiger partial charge in [0.2, 0.25) is 0 Å². The maximum absolute atomic E-state index is 11.4. The Morgan fingerprint density at radius 2 is 2.33 bits per heavy atom. The van der Waals surface area contributed by atoms with E-state index in [9.17, 15) is 4.79 Å². The summed E-state index contributed by atoms with van der Waals surface area (Å²) < 4.78 is 6.75. The first kappa shape index (κ1) is 9.71. The molecule has 0 fully saturated rings. The Morgan fingerprint density at radius 3 is 3.07 bits per heavy atom. The van der Waals surface area contributed by atoms with E-state index >= 15 is 0 Å². The minimum Gasteiger partial charge on any atom is -0.461 e. The van der Waals surface area contributed by atoms with Gasteiger partial charge < -0.3 is 9.14 Å². The maximum atomic E-state index is 11.4. The highest BCUT2D eigenvalue weighted by Gasteiger charge is 2.08. The first-order valence-electron chi connectivity index (χ1n) is 4.82. The van der Waals surface area contributed by atoms with Gasteiger partial charge in [0.25, 0.3) is 0 Å². The van der Waals surface area contributed by atoms with E-state index in [-0.39, 0.29) is 5.97 Å². The molecule has 2 rings (SSSR count). The molecule has 4 heteroatoms. The van der Waals surface area contributed by atoms with E-state index in [1.807, 2.05) is 23.6 Å². The second kappa shape index (κ2) is 3.73. The predicted molar refractivity (Wildman–Crippen MR) is 55.9 cm³/mol. The van der Waals surface area contributed by atoms with Crippen LogP contribution in [0.25, 0.3) is 5.52 Å². The van der Waals surface area contributed by atoms with Crippen LogP contribution < -0.4 is 0 Å². The monoisotopic (exact) mass is 204 g/mol. The fourth-order valence-electron chi connectivity index (χ4n) is 1.47. The second-order valence-corrected chi connectivity index (χ2v) is 3.34. The van der Waals surface area contributed by atoms with Crippen molar-refractivity contribution in [2.45, 2.75) is 13.8 Å². The predicted octanol–water partition coefficient (Wildman–Crippen LogP) is 1.82. The normalized spacial score (nSPS) is 10.5. The van der Waals surface area contributed by atoms with Crippen LogP contribution in [-0.2, 0) is 4.74 Å². The van der Waals surface area contributed by atoms with Gasteiger partial charge in [-0.1, -0.05) is 0 Å². The highest BCUT2D eigenvalue weighted by Crippen LogP contribution is 2.10. The van der Waals surface area contributed by atoms with Gasteiger partial charge >= 0.3 is 5.97 Å². The second-order valence-electron chi connectivity index (χ2n) is 3.34. The molecular formula is C11H12N2O2. The van der Waals surface area contributed by atoms with Gasteiger partial charge in [-0.15, -0.1) is 0 Å². The van der Waals surface area contributed by atoms with Crippen LogP contribution in [0.5, 0.6) is 0 Å². The van der Waals surface area contributed by atoms with Crippen molar-refractivity contribution in [3.8, 4) is 0 Å². The molecule has 0 aromatic carbocycles. The van der Waals surface area contributed by atoms with E-state index in [0.29, 0.717) is 12.3 Å². The topological polar surface area (TPSA) is 43.6 Å². The Morgan fingerprint density at radius 1 is 1.53 bits per heavy atom. The van der Waals surface area contributed by atoms with E-state index in [1.165, 1.54) is 0 Å². The van der Waals surface area contributed by atoms with Gasteiger partial charge in [-0.2, -0.15) is 0 Å². The number of nitrogens with zero attached hydrogens (tertiary/aromatic N) is 2. The molecule has 0 atom stereocenters. The molecule has 2 aromatic rings. The van der Waals surface area contributed by atoms with Gasteiger partial charge in [0.1, 0.15) is 6.33 Å². The van der Waals surface area contributed by atoms with Crippen LogP contribution in [0.4, 0.5) is 0 Å². The molecule has 2 aromatic heterocycles. The van der Waals surface area contributed by atoms with Crippen LogP contribution in [-0.4, -0.2) is 22.0 Å². The summed E-state index contributed by atoms with van der Waals surface area (Å²) in [6, 6.07) is 3.72. The Bertz CT molecular complexity index is 502. The Kier molecular flexibility index (Phi) is 2.41. The number of aromatic nitrogens is 2. The third-order valence-corrected chi connectivity index (χ3v) is 2.11. The number of carbonyl (C=O) groups is 1. The van der Waals surface area contributed by atoms with E-state index in [0.717, 1.165) is 11.1 Å². The summed E-state index contributed by atoms with van der Waals surface area (Å²) in [5.41, 5.74) is 2.44. The number of carbonyl (C=O) groups excluding carboxylic acids is 1. The van der Waals surface area contributed by atoms with Crippen molar-refractivity contribution in [1.82, 2.24) is 9.38 Å². The van der Waals surface area contributed by atoms with E-state index in [4.69, 9.17) is 4.74 Å². The van der Waals surface area contributed by atoms with Gasteiger partial charge in [0.15, 0.2) is 5.69 Å². The summed E-state index contributed by atoms with van der Waals surface area (Å²) >= 11 is 0. The standard InChI is InChI=1S/C11H12N2O2/c1-3-15-11(14)10-5-9-4-8(2)6-13(9)7-12-10/h4-7H,3H2,1-2H3. The lowest BCUT2D eigenvalue weighted by atomic mass is 10.3. The average molecular weight is 204 g/mol. The van der Waals surface area contributed by atoms with Crippen LogP contribution in [0.2, 0.25) is 0 Å². The summed E-state index contributed by atoms with van der Waals surface area (Å²) in [5, 5.41) is 0. The van der Waals surface area contributed by atoms with Crippen molar-refractivity contribution in [3.63, 3.8) is 0 Å². The molecule has 0 saturated heterocycles. The highest BCUT2D eigenvalue weighted by atomic mass is 16.5. The van der Waals surface area contributed by atoms with Gasteiger partial charge in [-0.25, -0.2) is 9.78 Å². The number of hydrogen-bond donors (Lipinski definition) is 0. The fraction of sp³-hybridized carbons (Fsp3) is 0.273. The zero-order valence-electron chi connectivity index (χ0n) is 8.73. The van der Waals surface area contributed by atoms with Crippen molar-refractivity contribution in [1.29, 1.82) is 0 Å². The van der Waals surface area contributed by atoms with E-state index in [1.54, 1.807) is 19.3 Å². The molecule has 0 saturated carbocycles. The van der Waals surface area contributed by atoms with Crippen molar-refractivity contribution in [2.75, 3.05) is 6.61 Å². The minimum absolute atomic E-state index is 0.349. The first-order chi connectivity index (χ1) is 7.20. The number of rotatable bonds is 2. The molecule has 15 heavy (non-hydrogen) atoms. The molecule has 0 bridgehead atoms. The SMILES string of the molecule is CCOC(=O)c1cc2cc(C)cn2cn1. The Balaban J connectivity index is 2.41. The van der Waals surface area contributed by atoms with Crippen molar-refractivity contribution >= 4 is 11.5 Å². The molecule has 0 aliphatic heterocycles. The summed E-state index contributed by atoms with van der Waals surface area (Å²) in [6.07, 6.45) is 3.58. The summed E-state index contributed by atoms with van der Waals surface area (Å²) in [4.78, 5) is 15.4. The van der Waals surface area contributed by atoms with Crippen molar-refractivity contribution < 1.29 is 9.53 Å². The van der Waals surface area contributed by atoms with Crippen LogP contribution in [0.3, 0.4) is 0 Å². The van der Waals surface area contributed by atoms with Gasteiger partial charge in [-0.05, 0) is 31.5 Å². The molecule has 0 unspecified atom stereocenters. The number of aryl methyl sites for hydroxylation is 1. The van der Waals surface area contributed by atoms with Crippen LogP contribution in [0, 0.1) is 6.92 Å². The lowest BCUT2D eigenvalue weighted by Gasteiger charge is -2.01. The third-order valence-electron chi connectivity index (χ3n) is 2.11.